The van der Waals surface area contributed by atoms with Crippen LogP contribution in [0.2, 0.25) is 10.0 Å². The number of halogens is 2. The molecule has 0 saturated heterocycles. The maximum absolute atomic E-state index is 11.4. The van der Waals surface area contributed by atoms with Crippen LogP contribution in [0.4, 0.5) is 11.4 Å². The predicted octanol–water partition coefficient (Wildman–Crippen LogP) is 3.29. The van der Waals surface area contributed by atoms with Crippen LogP contribution in [0, 0.1) is 10.1 Å². The Morgan fingerprint density at radius 3 is 2.25 bits per heavy atom. The van der Waals surface area contributed by atoms with Gasteiger partial charge in [-0.15, -0.1) is 0 Å². The van der Waals surface area contributed by atoms with E-state index in [-0.39, 0.29) is 28.3 Å². The molecule has 0 aromatic heterocycles. The number of methoxy groups -OCH3 is 1. The smallest absolute Gasteiger partial charge is 0.325 e. The first-order valence-electron chi connectivity index (χ1n) is 5.74. The molecule has 0 aliphatic heterocycles. The average molecular weight is 321 g/mol. The van der Waals surface area contributed by atoms with Crippen molar-refractivity contribution < 1.29 is 14.5 Å². The van der Waals surface area contributed by atoms with Gasteiger partial charge in [-0.2, -0.15) is 0 Å². The second-order valence-corrected chi connectivity index (χ2v) is 5.13. The van der Waals surface area contributed by atoms with Crippen LogP contribution in [-0.2, 0) is 9.53 Å². The van der Waals surface area contributed by atoms with Gasteiger partial charge < -0.3 is 9.64 Å². The molecule has 0 N–H and O–H groups in total. The fourth-order valence-corrected chi connectivity index (χ4v) is 2.35. The summed E-state index contributed by atoms with van der Waals surface area (Å²) in [5.41, 5.74) is 0.171. The zero-order valence-corrected chi connectivity index (χ0v) is 12.7. The number of carbonyl (C=O) groups excluding carboxylic acids is 1. The number of ether oxygens (including phenoxy) is 1. The Hall–Kier alpha value is -1.53. The molecule has 0 bridgehead atoms. The summed E-state index contributed by atoms with van der Waals surface area (Å²) in [7, 11) is 1.28. The van der Waals surface area contributed by atoms with Crippen molar-refractivity contribution in [3.63, 3.8) is 0 Å². The minimum Gasteiger partial charge on any atom is -0.468 e. The number of nitro groups is 1. The standard InChI is InChI=1S/C12H14Cl2N2O4/c1-7(2)15(6-11(17)20-3)12-9(13)4-8(16(18)19)5-10(12)14/h4-5,7H,6H2,1-3H3. The molecule has 0 fully saturated rings. The molecular formula is C12H14Cl2N2O4. The molecule has 0 heterocycles. The molecule has 0 saturated carbocycles. The molecule has 1 aromatic rings. The summed E-state index contributed by atoms with van der Waals surface area (Å²) in [6.07, 6.45) is 0. The van der Waals surface area contributed by atoms with E-state index in [0.717, 1.165) is 0 Å². The molecule has 0 spiro atoms. The van der Waals surface area contributed by atoms with E-state index >= 15 is 0 Å². The number of hydrogen-bond acceptors (Lipinski definition) is 5. The zero-order valence-electron chi connectivity index (χ0n) is 11.2. The van der Waals surface area contributed by atoms with Gasteiger partial charge in [-0.05, 0) is 13.8 Å². The zero-order chi connectivity index (χ0) is 15.4. The normalized spacial score (nSPS) is 10.5. The lowest BCUT2D eigenvalue weighted by Gasteiger charge is -2.29. The highest BCUT2D eigenvalue weighted by atomic mass is 35.5. The van der Waals surface area contributed by atoms with Gasteiger partial charge in [0, 0.05) is 18.2 Å². The quantitative estimate of drug-likeness (QED) is 0.473. The van der Waals surface area contributed by atoms with Gasteiger partial charge >= 0.3 is 5.97 Å². The fraction of sp³-hybridized carbons (Fsp3) is 0.417. The number of nitrogens with zero attached hydrogens (tertiary/aromatic N) is 2. The molecule has 110 valence electrons. The van der Waals surface area contributed by atoms with Gasteiger partial charge in [0.25, 0.3) is 5.69 Å². The van der Waals surface area contributed by atoms with Crippen molar-refractivity contribution in [1.29, 1.82) is 0 Å². The summed E-state index contributed by atoms with van der Waals surface area (Å²) in [4.78, 5) is 23.2. The Morgan fingerprint density at radius 2 is 1.90 bits per heavy atom. The third kappa shape index (κ3) is 3.74. The van der Waals surface area contributed by atoms with Crippen molar-refractivity contribution in [3.8, 4) is 0 Å². The van der Waals surface area contributed by atoms with Crippen LogP contribution in [-0.4, -0.2) is 30.6 Å². The van der Waals surface area contributed by atoms with Gasteiger partial charge in [0.15, 0.2) is 0 Å². The number of carbonyl (C=O) groups is 1. The predicted molar refractivity (Wildman–Crippen MR) is 77.6 cm³/mol. The van der Waals surface area contributed by atoms with Gasteiger partial charge in [0.1, 0.15) is 6.54 Å². The fourth-order valence-electron chi connectivity index (χ4n) is 1.66. The monoisotopic (exact) mass is 320 g/mol. The van der Waals surface area contributed by atoms with Crippen LogP contribution in [0.1, 0.15) is 13.8 Å². The van der Waals surface area contributed by atoms with Crippen molar-refractivity contribution in [2.75, 3.05) is 18.6 Å². The molecule has 8 heteroatoms. The lowest BCUT2D eigenvalue weighted by molar-refractivity contribution is -0.384. The summed E-state index contributed by atoms with van der Waals surface area (Å²) in [5.74, 6) is -0.454. The van der Waals surface area contributed by atoms with E-state index in [1.807, 2.05) is 13.8 Å². The van der Waals surface area contributed by atoms with E-state index in [2.05, 4.69) is 4.74 Å². The SMILES string of the molecule is COC(=O)CN(c1c(Cl)cc([N+](=O)[O-])cc1Cl)C(C)C. The second kappa shape index (κ2) is 6.76. The van der Waals surface area contributed by atoms with Crippen LogP contribution in [0.5, 0.6) is 0 Å². The Labute approximate surface area is 126 Å². The van der Waals surface area contributed by atoms with Gasteiger partial charge in [-0.1, -0.05) is 23.2 Å². The Bertz CT molecular complexity index is 511. The minimum absolute atomic E-state index is 0.0502. The highest BCUT2D eigenvalue weighted by Gasteiger charge is 2.23. The molecule has 0 unspecified atom stereocenters. The van der Waals surface area contributed by atoms with E-state index in [1.54, 1.807) is 4.90 Å². The first kappa shape index (κ1) is 16.5. The lowest BCUT2D eigenvalue weighted by Crippen LogP contribution is -2.36. The molecule has 0 amide bonds. The molecule has 20 heavy (non-hydrogen) atoms. The van der Waals surface area contributed by atoms with Gasteiger partial charge in [0.2, 0.25) is 0 Å². The van der Waals surface area contributed by atoms with Crippen LogP contribution in [0.15, 0.2) is 12.1 Å². The number of anilines is 1. The van der Waals surface area contributed by atoms with Crippen molar-refractivity contribution in [2.24, 2.45) is 0 Å². The molecule has 0 radical (unpaired) electrons. The molecular weight excluding hydrogens is 307 g/mol. The van der Waals surface area contributed by atoms with Gasteiger partial charge in [-0.25, -0.2) is 0 Å². The molecule has 6 nitrogen and oxygen atoms in total. The van der Waals surface area contributed by atoms with Crippen molar-refractivity contribution in [1.82, 2.24) is 0 Å². The number of esters is 1. The summed E-state index contributed by atoms with van der Waals surface area (Å²) in [6.45, 7) is 3.64. The largest absolute Gasteiger partial charge is 0.468 e. The van der Waals surface area contributed by atoms with Gasteiger partial charge in [0.05, 0.1) is 27.8 Å². The molecule has 0 aliphatic rings. The first-order chi connectivity index (χ1) is 9.27. The van der Waals surface area contributed by atoms with Gasteiger partial charge in [-0.3, -0.25) is 14.9 Å². The number of non-ortho nitro benzene ring substituents is 1. The Morgan fingerprint density at radius 1 is 1.40 bits per heavy atom. The van der Waals surface area contributed by atoms with E-state index in [9.17, 15) is 14.9 Å². The summed E-state index contributed by atoms with van der Waals surface area (Å²) < 4.78 is 4.62. The van der Waals surface area contributed by atoms with Crippen molar-refractivity contribution in [2.45, 2.75) is 19.9 Å². The first-order valence-corrected chi connectivity index (χ1v) is 6.50. The summed E-state index contributed by atoms with van der Waals surface area (Å²) in [5, 5.41) is 11.0. The molecule has 1 rings (SSSR count). The van der Waals surface area contributed by atoms with Crippen LogP contribution >= 0.6 is 23.2 Å². The van der Waals surface area contributed by atoms with Crippen molar-refractivity contribution in [3.05, 3.63) is 32.3 Å². The number of benzene rings is 1. The second-order valence-electron chi connectivity index (χ2n) is 4.31. The highest BCUT2D eigenvalue weighted by molar-refractivity contribution is 6.39. The maximum Gasteiger partial charge on any atom is 0.325 e. The Kier molecular flexibility index (Phi) is 5.59. The topological polar surface area (TPSA) is 72.7 Å². The number of rotatable bonds is 5. The van der Waals surface area contributed by atoms with Crippen LogP contribution in [0.25, 0.3) is 0 Å². The summed E-state index contributed by atoms with van der Waals surface area (Å²) >= 11 is 12.1. The van der Waals surface area contributed by atoms with E-state index < -0.39 is 10.9 Å². The Balaban J connectivity index is 3.27. The maximum atomic E-state index is 11.4. The van der Waals surface area contributed by atoms with E-state index in [4.69, 9.17) is 23.2 Å². The molecule has 0 aliphatic carbocycles. The lowest BCUT2D eigenvalue weighted by atomic mass is 10.2. The number of nitro benzene ring substituents is 1. The molecule has 0 atom stereocenters. The van der Waals surface area contributed by atoms with Crippen molar-refractivity contribution >= 4 is 40.5 Å². The summed E-state index contributed by atoms with van der Waals surface area (Å²) in [6, 6.07) is 2.32. The van der Waals surface area contributed by atoms with Crippen LogP contribution < -0.4 is 4.90 Å². The van der Waals surface area contributed by atoms with E-state index in [1.165, 1.54) is 19.2 Å². The molecule has 1 aromatic carbocycles. The van der Waals surface area contributed by atoms with E-state index in [0.29, 0.717) is 5.69 Å². The minimum atomic E-state index is -0.582. The average Bonchev–Trinajstić information content (AvgIpc) is 2.35. The van der Waals surface area contributed by atoms with Crippen LogP contribution in [0.3, 0.4) is 0 Å². The number of hydrogen-bond donors (Lipinski definition) is 0. The third-order valence-electron chi connectivity index (χ3n) is 2.65. The highest BCUT2D eigenvalue weighted by Crippen LogP contribution is 2.38. The third-order valence-corrected chi connectivity index (χ3v) is 3.23.